The van der Waals surface area contributed by atoms with Gasteiger partial charge >= 0.3 is 0 Å². The molecule has 0 radical (unpaired) electrons. The monoisotopic (exact) mass is 171 g/mol. The topological polar surface area (TPSA) is 63.3 Å². The van der Waals surface area contributed by atoms with E-state index in [0.717, 1.165) is 0 Å². The smallest absolute Gasteiger partial charge is 0.290 e. The van der Waals surface area contributed by atoms with Crippen LogP contribution in [0.5, 0.6) is 0 Å². The van der Waals surface area contributed by atoms with Gasteiger partial charge in [0.15, 0.2) is 0 Å². The van der Waals surface area contributed by atoms with Crippen LogP contribution in [0.2, 0.25) is 0 Å². The number of anilines is 1. The first kappa shape index (κ1) is 10.4. The zero-order chi connectivity index (χ0) is 9.56. The van der Waals surface area contributed by atoms with Crippen molar-refractivity contribution in [1.29, 1.82) is 0 Å². The number of carboxylic acid groups (broad SMARTS) is 1. The highest BCUT2D eigenvalue weighted by Gasteiger charge is 1.96. The molecule has 0 aliphatic carbocycles. The van der Waals surface area contributed by atoms with Crippen LogP contribution in [0.15, 0.2) is 18.2 Å². The zero-order valence-corrected chi connectivity index (χ0v) is 6.62. The minimum atomic E-state index is -0.250. The molecule has 4 heteroatoms. The Morgan fingerprint density at radius 3 is 2.42 bits per heavy atom. The van der Waals surface area contributed by atoms with Crippen LogP contribution in [0.4, 0.5) is 10.1 Å². The fourth-order valence-corrected chi connectivity index (χ4v) is 0.624. The highest BCUT2D eigenvalue weighted by Crippen LogP contribution is 2.12. The van der Waals surface area contributed by atoms with E-state index in [1.165, 1.54) is 6.07 Å². The van der Waals surface area contributed by atoms with Gasteiger partial charge in [0, 0.05) is 11.3 Å². The summed E-state index contributed by atoms with van der Waals surface area (Å²) >= 11 is 0. The Balaban J connectivity index is 0.000000354. The third kappa shape index (κ3) is 3.01. The summed E-state index contributed by atoms with van der Waals surface area (Å²) in [5, 5.41) is 6.89. The second kappa shape index (κ2) is 5.12. The van der Waals surface area contributed by atoms with E-state index in [-0.39, 0.29) is 12.3 Å². The van der Waals surface area contributed by atoms with Gasteiger partial charge in [0.2, 0.25) is 0 Å². The third-order valence-corrected chi connectivity index (χ3v) is 1.31. The number of hydrogen-bond acceptors (Lipinski definition) is 2. The molecule has 66 valence electrons. The molecule has 3 N–H and O–H groups in total. The van der Waals surface area contributed by atoms with E-state index in [2.05, 4.69) is 0 Å². The zero-order valence-electron chi connectivity index (χ0n) is 6.62. The maximum Gasteiger partial charge on any atom is 0.290 e. The summed E-state index contributed by atoms with van der Waals surface area (Å²) in [6.07, 6.45) is 0. The van der Waals surface area contributed by atoms with Crippen molar-refractivity contribution in [1.82, 2.24) is 0 Å². The number of hydrogen-bond donors (Lipinski definition) is 2. The number of nitrogens with two attached hydrogens (primary N) is 1. The van der Waals surface area contributed by atoms with Crippen molar-refractivity contribution in [2.75, 3.05) is 5.73 Å². The second-order valence-electron chi connectivity index (χ2n) is 2.06. The van der Waals surface area contributed by atoms with Crippen molar-refractivity contribution >= 4 is 12.2 Å². The normalized spacial score (nSPS) is 8.17. The summed E-state index contributed by atoms with van der Waals surface area (Å²) in [6.45, 7) is 1.41. The van der Waals surface area contributed by atoms with Crippen LogP contribution in [-0.4, -0.2) is 11.6 Å². The molecule has 0 bridgehead atoms. The molecule has 0 saturated carbocycles. The molecular weight excluding hydrogens is 161 g/mol. The van der Waals surface area contributed by atoms with Gasteiger partial charge in [0.25, 0.3) is 6.47 Å². The number of carbonyl (C=O) groups is 1. The largest absolute Gasteiger partial charge is 0.483 e. The molecule has 0 spiro atoms. The first-order valence-corrected chi connectivity index (χ1v) is 3.22. The predicted octanol–water partition coefficient (Wildman–Crippen LogP) is 1.42. The molecule has 0 heterocycles. The van der Waals surface area contributed by atoms with E-state index in [9.17, 15) is 4.39 Å². The van der Waals surface area contributed by atoms with E-state index in [4.69, 9.17) is 15.6 Å². The maximum atomic E-state index is 12.5. The Morgan fingerprint density at radius 2 is 2.08 bits per heavy atom. The lowest BCUT2D eigenvalue weighted by Gasteiger charge is -1.97. The molecule has 0 amide bonds. The quantitative estimate of drug-likeness (QED) is 0.458. The van der Waals surface area contributed by atoms with E-state index in [0.29, 0.717) is 11.3 Å². The molecular formula is C8H10FNO2. The summed E-state index contributed by atoms with van der Waals surface area (Å²) < 4.78 is 12.5. The minimum Gasteiger partial charge on any atom is -0.483 e. The van der Waals surface area contributed by atoms with Crippen LogP contribution in [0.3, 0.4) is 0 Å². The van der Waals surface area contributed by atoms with Crippen molar-refractivity contribution in [2.45, 2.75) is 6.92 Å². The van der Waals surface area contributed by atoms with Crippen molar-refractivity contribution in [3.05, 3.63) is 29.6 Å². The van der Waals surface area contributed by atoms with E-state index >= 15 is 0 Å². The summed E-state index contributed by atoms with van der Waals surface area (Å²) in [5.74, 6) is -0.241. The van der Waals surface area contributed by atoms with Gasteiger partial charge in [-0.15, -0.1) is 0 Å². The second-order valence-corrected chi connectivity index (χ2v) is 2.06. The van der Waals surface area contributed by atoms with Gasteiger partial charge in [-0.2, -0.15) is 0 Å². The Hall–Kier alpha value is -1.58. The SMILES string of the molecule is Cc1c(N)cccc1F.O=CO. The average molecular weight is 171 g/mol. The molecule has 3 nitrogen and oxygen atoms in total. The summed E-state index contributed by atoms with van der Waals surface area (Å²) in [6, 6.07) is 4.67. The molecule has 0 saturated heterocycles. The molecule has 0 aliphatic heterocycles. The lowest BCUT2D eigenvalue weighted by atomic mass is 10.2. The Bertz CT molecular complexity index is 243. The Labute approximate surface area is 69.6 Å². The molecule has 0 aliphatic rings. The summed E-state index contributed by atoms with van der Waals surface area (Å²) in [5.41, 5.74) is 6.42. The Kier molecular flexibility index (Phi) is 4.45. The molecule has 0 aromatic heterocycles. The molecule has 0 atom stereocenters. The molecule has 0 fully saturated rings. The predicted molar refractivity (Wildman–Crippen MR) is 44.2 cm³/mol. The lowest BCUT2D eigenvalue weighted by Crippen LogP contribution is -1.90. The van der Waals surface area contributed by atoms with Crippen LogP contribution in [0.1, 0.15) is 5.56 Å². The maximum absolute atomic E-state index is 12.5. The van der Waals surface area contributed by atoms with Crippen molar-refractivity contribution in [3.63, 3.8) is 0 Å². The van der Waals surface area contributed by atoms with Gasteiger partial charge in [-0.05, 0) is 19.1 Å². The number of benzene rings is 1. The minimum absolute atomic E-state index is 0.241. The van der Waals surface area contributed by atoms with Crippen LogP contribution in [-0.2, 0) is 4.79 Å². The Morgan fingerprint density at radius 1 is 1.58 bits per heavy atom. The van der Waals surface area contributed by atoms with E-state index in [1.807, 2.05) is 0 Å². The number of rotatable bonds is 0. The first-order chi connectivity index (χ1) is 5.63. The van der Waals surface area contributed by atoms with Crippen LogP contribution >= 0.6 is 0 Å². The van der Waals surface area contributed by atoms with Gasteiger partial charge in [-0.3, -0.25) is 4.79 Å². The van der Waals surface area contributed by atoms with Gasteiger partial charge in [-0.25, -0.2) is 4.39 Å². The van der Waals surface area contributed by atoms with Gasteiger partial charge in [0.1, 0.15) is 5.82 Å². The molecule has 12 heavy (non-hydrogen) atoms. The standard InChI is InChI=1S/C7H8FN.CH2O2/c1-5-6(8)3-2-4-7(5)9;2-1-3/h2-4H,9H2,1H3;1H,(H,2,3). The fraction of sp³-hybridized carbons (Fsp3) is 0.125. The molecule has 0 unspecified atom stereocenters. The first-order valence-electron chi connectivity index (χ1n) is 3.22. The average Bonchev–Trinajstić information content (AvgIpc) is 2.02. The summed E-state index contributed by atoms with van der Waals surface area (Å²) in [7, 11) is 0. The van der Waals surface area contributed by atoms with Gasteiger partial charge in [0.05, 0.1) is 0 Å². The molecule has 1 aromatic carbocycles. The number of nitrogen functional groups attached to an aromatic ring is 1. The van der Waals surface area contributed by atoms with Crippen molar-refractivity contribution in [3.8, 4) is 0 Å². The lowest BCUT2D eigenvalue weighted by molar-refractivity contribution is -0.122. The van der Waals surface area contributed by atoms with Crippen LogP contribution < -0.4 is 5.73 Å². The van der Waals surface area contributed by atoms with Crippen LogP contribution in [0, 0.1) is 12.7 Å². The van der Waals surface area contributed by atoms with Crippen molar-refractivity contribution < 1.29 is 14.3 Å². The van der Waals surface area contributed by atoms with E-state index < -0.39 is 0 Å². The highest BCUT2D eigenvalue weighted by atomic mass is 19.1. The van der Waals surface area contributed by atoms with Gasteiger partial charge < -0.3 is 10.8 Å². The fourth-order valence-electron chi connectivity index (χ4n) is 0.624. The van der Waals surface area contributed by atoms with Gasteiger partial charge in [-0.1, -0.05) is 6.07 Å². The highest BCUT2D eigenvalue weighted by molar-refractivity contribution is 5.45. The van der Waals surface area contributed by atoms with E-state index in [1.54, 1.807) is 19.1 Å². The number of halogens is 1. The third-order valence-electron chi connectivity index (χ3n) is 1.31. The molecule has 1 rings (SSSR count). The van der Waals surface area contributed by atoms with Crippen LogP contribution in [0.25, 0.3) is 0 Å². The molecule has 1 aromatic rings. The summed E-state index contributed by atoms with van der Waals surface area (Å²) in [4.78, 5) is 8.36. The van der Waals surface area contributed by atoms with Crippen molar-refractivity contribution in [2.24, 2.45) is 0 Å².